The number of carbonyl (C=O) groups is 4. The van der Waals surface area contributed by atoms with Crippen molar-refractivity contribution in [2.24, 2.45) is 0 Å². The van der Waals surface area contributed by atoms with Gasteiger partial charge in [0.05, 0.1) is 0 Å². The molecule has 190 valence electrons. The molecule has 0 bridgehead atoms. The smallest absolute Gasteiger partial charge is 0.308 e. The summed E-state index contributed by atoms with van der Waals surface area (Å²) in [5.74, 6) is -1.54. The zero-order valence-corrected chi connectivity index (χ0v) is 21.0. The van der Waals surface area contributed by atoms with Crippen molar-refractivity contribution in [3.63, 3.8) is 0 Å². The summed E-state index contributed by atoms with van der Waals surface area (Å²) in [7, 11) is 0. The molecule has 0 saturated heterocycles. The fraction of sp³-hybridized carbons (Fsp3) is 0.133. The number of benzene rings is 5. The number of fused-ring (bicyclic) bond motifs is 7. The molecule has 0 amide bonds. The van der Waals surface area contributed by atoms with Crippen molar-refractivity contribution in [3.8, 4) is 23.0 Å². The highest BCUT2D eigenvalue weighted by Crippen LogP contribution is 2.44. The van der Waals surface area contributed by atoms with E-state index >= 15 is 0 Å². The third-order valence-electron chi connectivity index (χ3n) is 6.00. The fourth-order valence-electron chi connectivity index (χ4n) is 4.73. The van der Waals surface area contributed by atoms with Crippen molar-refractivity contribution in [3.05, 3.63) is 60.7 Å². The van der Waals surface area contributed by atoms with E-state index < -0.39 is 23.9 Å². The standard InChI is InChI=1S/C30H22O8/c1-15(31)35-26-13-11-21-20-7-5-19-6-8-25-23(12-14-27(36-16(2)32)30(25)38-18(4)34)28(19)22(20)9-10-24(21)29(26)37-17(3)33/h5-14H,1-4H3. The van der Waals surface area contributed by atoms with Crippen molar-refractivity contribution in [1.29, 1.82) is 0 Å². The SMILES string of the molecule is CC(=O)Oc1ccc2c(ccc3c2ccc2ccc4c(OC(C)=O)c(OC(C)=O)ccc4c23)c1OC(C)=O. The van der Waals surface area contributed by atoms with Gasteiger partial charge in [-0.3, -0.25) is 19.2 Å². The van der Waals surface area contributed by atoms with Crippen molar-refractivity contribution in [2.75, 3.05) is 0 Å². The molecule has 0 fully saturated rings. The van der Waals surface area contributed by atoms with Crippen molar-refractivity contribution in [2.45, 2.75) is 27.7 Å². The highest BCUT2D eigenvalue weighted by atomic mass is 16.6. The monoisotopic (exact) mass is 510 g/mol. The Morgan fingerprint density at radius 3 is 1.29 bits per heavy atom. The van der Waals surface area contributed by atoms with E-state index in [4.69, 9.17) is 18.9 Å². The number of rotatable bonds is 4. The second-order valence-corrected chi connectivity index (χ2v) is 8.74. The summed E-state index contributed by atoms with van der Waals surface area (Å²) in [6.45, 7) is 5.11. The van der Waals surface area contributed by atoms with E-state index in [0.29, 0.717) is 10.8 Å². The number of esters is 4. The molecular weight excluding hydrogens is 488 g/mol. The summed E-state index contributed by atoms with van der Waals surface area (Å²) >= 11 is 0. The second-order valence-electron chi connectivity index (χ2n) is 8.74. The number of carbonyl (C=O) groups excluding carboxylic acids is 4. The Bertz CT molecular complexity index is 1830. The van der Waals surface area contributed by atoms with E-state index in [0.717, 1.165) is 32.3 Å². The van der Waals surface area contributed by atoms with Crippen LogP contribution in [0.15, 0.2) is 60.7 Å². The van der Waals surface area contributed by atoms with Gasteiger partial charge in [-0.2, -0.15) is 0 Å². The van der Waals surface area contributed by atoms with E-state index in [1.54, 1.807) is 18.2 Å². The molecular formula is C30H22O8. The van der Waals surface area contributed by atoms with Crippen molar-refractivity contribution < 1.29 is 38.1 Å². The van der Waals surface area contributed by atoms with Gasteiger partial charge in [-0.25, -0.2) is 0 Å². The average Bonchev–Trinajstić information content (AvgIpc) is 2.84. The summed E-state index contributed by atoms with van der Waals surface area (Å²) in [6, 6.07) is 18.2. The lowest BCUT2D eigenvalue weighted by molar-refractivity contribution is -0.134. The Labute approximate surface area is 216 Å². The largest absolute Gasteiger partial charge is 0.423 e. The van der Waals surface area contributed by atoms with Gasteiger partial charge in [0.15, 0.2) is 23.0 Å². The van der Waals surface area contributed by atoms with Crippen LogP contribution in [-0.2, 0) is 19.2 Å². The van der Waals surface area contributed by atoms with Gasteiger partial charge in [-0.1, -0.05) is 24.3 Å². The molecule has 0 spiro atoms. The summed E-state index contributed by atoms with van der Waals surface area (Å²) < 4.78 is 21.5. The molecule has 0 atom stereocenters. The van der Waals surface area contributed by atoms with Gasteiger partial charge in [-0.15, -0.1) is 0 Å². The molecule has 5 aromatic carbocycles. The average molecular weight is 510 g/mol. The molecule has 0 unspecified atom stereocenters. The third-order valence-corrected chi connectivity index (χ3v) is 6.00. The molecule has 0 aliphatic rings. The molecule has 5 aromatic rings. The first-order valence-corrected chi connectivity index (χ1v) is 11.8. The first-order valence-electron chi connectivity index (χ1n) is 11.8. The summed E-state index contributed by atoms with van der Waals surface area (Å²) in [6.07, 6.45) is 0. The normalized spacial score (nSPS) is 11.1. The Balaban J connectivity index is 1.85. The summed E-state index contributed by atoms with van der Waals surface area (Å²) in [5, 5.41) is 6.36. The Morgan fingerprint density at radius 2 is 0.763 bits per heavy atom. The van der Waals surface area contributed by atoms with Gasteiger partial charge in [0.1, 0.15) is 0 Å². The molecule has 0 aromatic heterocycles. The lowest BCUT2D eigenvalue weighted by Gasteiger charge is -2.16. The Morgan fingerprint density at radius 1 is 0.421 bits per heavy atom. The molecule has 0 aliphatic heterocycles. The van der Waals surface area contributed by atoms with E-state index in [2.05, 4.69) is 0 Å². The number of hydrogen-bond acceptors (Lipinski definition) is 8. The minimum absolute atomic E-state index is 0.147. The molecule has 38 heavy (non-hydrogen) atoms. The van der Waals surface area contributed by atoms with Crippen LogP contribution in [0.25, 0.3) is 43.1 Å². The van der Waals surface area contributed by atoms with Crippen LogP contribution in [0.5, 0.6) is 23.0 Å². The van der Waals surface area contributed by atoms with Gasteiger partial charge in [0, 0.05) is 38.5 Å². The van der Waals surface area contributed by atoms with Gasteiger partial charge in [0.25, 0.3) is 0 Å². The lowest BCUT2D eigenvalue weighted by Crippen LogP contribution is -2.07. The fourth-order valence-corrected chi connectivity index (χ4v) is 4.73. The minimum Gasteiger partial charge on any atom is -0.423 e. The van der Waals surface area contributed by atoms with E-state index in [9.17, 15) is 19.2 Å². The van der Waals surface area contributed by atoms with Crippen LogP contribution in [0.2, 0.25) is 0 Å². The summed E-state index contributed by atoms with van der Waals surface area (Å²) in [5.41, 5.74) is 0. The van der Waals surface area contributed by atoms with Crippen molar-refractivity contribution >= 4 is 67.0 Å². The van der Waals surface area contributed by atoms with Crippen LogP contribution in [0.4, 0.5) is 0 Å². The molecule has 8 heteroatoms. The van der Waals surface area contributed by atoms with Crippen LogP contribution in [0.1, 0.15) is 27.7 Å². The Kier molecular flexibility index (Phi) is 6.16. The minimum atomic E-state index is -0.545. The van der Waals surface area contributed by atoms with Gasteiger partial charge >= 0.3 is 23.9 Å². The maximum Gasteiger partial charge on any atom is 0.308 e. The highest BCUT2D eigenvalue weighted by molar-refractivity contribution is 6.26. The van der Waals surface area contributed by atoms with Crippen LogP contribution < -0.4 is 18.9 Å². The predicted octanol–water partition coefficient (Wildman–Crippen LogP) is 6.00. The van der Waals surface area contributed by atoms with Gasteiger partial charge in [-0.05, 0) is 68.7 Å². The number of ether oxygens (including phenoxy) is 4. The zero-order chi connectivity index (χ0) is 27.1. The second kappa shape index (κ2) is 9.48. The lowest BCUT2D eigenvalue weighted by atomic mass is 9.93. The van der Waals surface area contributed by atoms with E-state index in [1.807, 2.05) is 42.5 Å². The van der Waals surface area contributed by atoms with Crippen LogP contribution in [0, 0.1) is 0 Å². The maximum atomic E-state index is 11.9. The third kappa shape index (κ3) is 4.37. The molecule has 0 aliphatic carbocycles. The molecule has 8 nitrogen and oxygen atoms in total. The van der Waals surface area contributed by atoms with Crippen LogP contribution in [0.3, 0.4) is 0 Å². The van der Waals surface area contributed by atoms with E-state index in [-0.39, 0.29) is 23.0 Å². The first-order chi connectivity index (χ1) is 18.1. The molecule has 0 heterocycles. The van der Waals surface area contributed by atoms with Crippen molar-refractivity contribution in [1.82, 2.24) is 0 Å². The Hall–Kier alpha value is -4.98. The predicted molar refractivity (Wildman–Crippen MR) is 142 cm³/mol. The van der Waals surface area contributed by atoms with Crippen LogP contribution in [-0.4, -0.2) is 23.9 Å². The molecule has 0 N–H and O–H groups in total. The van der Waals surface area contributed by atoms with Gasteiger partial charge < -0.3 is 18.9 Å². The van der Waals surface area contributed by atoms with Gasteiger partial charge in [0.2, 0.25) is 0 Å². The van der Waals surface area contributed by atoms with Crippen LogP contribution >= 0.6 is 0 Å². The molecule has 0 radical (unpaired) electrons. The summed E-state index contributed by atoms with van der Waals surface area (Å²) in [4.78, 5) is 47.0. The topological polar surface area (TPSA) is 105 Å². The quantitative estimate of drug-likeness (QED) is 0.165. The highest BCUT2D eigenvalue weighted by Gasteiger charge is 2.19. The zero-order valence-electron chi connectivity index (χ0n) is 21.0. The number of hydrogen-bond donors (Lipinski definition) is 0. The molecule has 5 rings (SSSR count). The molecule has 0 saturated carbocycles. The maximum absolute atomic E-state index is 11.9. The van der Waals surface area contributed by atoms with E-state index in [1.165, 1.54) is 27.7 Å². The first kappa shape index (κ1) is 24.7.